The fourth-order valence-corrected chi connectivity index (χ4v) is 4.19. The van der Waals surface area contributed by atoms with Gasteiger partial charge in [0.05, 0.1) is 23.7 Å². The molecule has 0 aliphatic rings. The molecule has 0 aliphatic carbocycles. The molecular weight excluding hydrogens is 419 g/mol. The fourth-order valence-electron chi connectivity index (χ4n) is 3.07. The summed E-state index contributed by atoms with van der Waals surface area (Å²) >= 11 is 0. The topological polar surface area (TPSA) is 75.7 Å². The number of rotatable bonds is 7. The molecule has 0 bridgehead atoms. The molecule has 3 aromatic rings. The molecule has 1 N–H and O–H groups in total. The van der Waals surface area contributed by atoms with Crippen LogP contribution in [-0.2, 0) is 10.0 Å². The Bertz CT molecular complexity index is 1180. The largest absolute Gasteiger partial charge is 0.495 e. The zero-order valence-electron chi connectivity index (χ0n) is 17.4. The van der Waals surface area contributed by atoms with E-state index < -0.39 is 10.0 Å². The van der Waals surface area contributed by atoms with Crippen LogP contribution in [0.25, 0.3) is 0 Å². The number of benzene rings is 3. The highest BCUT2D eigenvalue weighted by molar-refractivity contribution is 7.92. The van der Waals surface area contributed by atoms with Crippen LogP contribution in [0.2, 0.25) is 0 Å². The molecular formula is C23H23FN2O4S. The lowest BCUT2D eigenvalue weighted by molar-refractivity contribution is 0.0742. The van der Waals surface area contributed by atoms with Gasteiger partial charge in [-0.05, 0) is 55.0 Å². The highest BCUT2D eigenvalue weighted by Crippen LogP contribution is 2.27. The predicted octanol–water partition coefficient (Wildman–Crippen LogP) is 4.47. The van der Waals surface area contributed by atoms with E-state index in [-0.39, 0.29) is 28.2 Å². The number of nitrogens with one attached hydrogen (secondary N) is 1. The van der Waals surface area contributed by atoms with Crippen molar-refractivity contribution in [1.29, 1.82) is 0 Å². The molecule has 0 aromatic heterocycles. The third kappa shape index (κ3) is 5.03. The summed E-state index contributed by atoms with van der Waals surface area (Å²) in [5, 5.41) is 0. The predicted molar refractivity (Wildman–Crippen MR) is 117 cm³/mol. The van der Waals surface area contributed by atoms with E-state index in [9.17, 15) is 17.6 Å². The minimum Gasteiger partial charge on any atom is -0.495 e. The Balaban J connectivity index is 1.84. The minimum absolute atomic E-state index is 0.0490. The SMILES string of the molecule is COc1ccccc1NS(=O)(=O)c1cccc(C(=O)N(C)C(C)c2ccc(F)cc2)c1. The van der Waals surface area contributed by atoms with Crippen LogP contribution in [0.5, 0.6) is 5.75 Å². The molecule has 162 valence electrons. The summed E-state index contributed by atoms with van der Waals surface area (Å²) < 4.78 is 46.6. The summed E-state index contributed by atoms with van der Waals surface area (Å²) in [5.41, 5.74) is 1.28. The number of hydrogen-bond donors (Lipinski definition) is 1. The first kappa shape index (κ1) is 22.3. The molecule has 6 nitrogen and oxygen atoms in total. The zero-order valence-corrected chi connectivity index (χ0v) is 18.2. The van der Waals surface area contributed by atoms with E-state index in [1.54, 1.807) is 49.5 Å². The molecule has 1 amide bonds. The van der Waals surface area contributed by atoms with Crippen LogP contribution in [0.15, 0.2) is 77.7 Å². The van der Waals surface area contributed by atoms with Gasteiger partial charge in [0.1, 0.15) is 11.6 Å². The first-order chi connectivity index (χ1) is 14.7. The summed E-state index contributed by atoms with van der Waals surface area (Å²) in [6.07, 6.45) is 0. The van der Waals surface area contributed by atoms with Crippen LogP contribution in [0.3, 0.4) is 0 Å². The molecule has 0 radical (unpaired) electrons. The number of methoxy groups -OCH3 is 1. The van der Waals surface area contributed by atoms with Gasteiger partial charge in [-0.15, -0.1) is 0 Å². The molecule has 3 rings (SSSR count). The Morgan fingerprint density at radius 1 is 1.03 bits per heavy atom. The summed E-state index contributed by atoms with van der Waals surface area (Å²) in [4.78, 5) is 14.4. The van der Waals surface area contributed by atoms with E-state index in [4.69, 9.17) is 4.74 Å². The lowest BCUT2D eigenvalue weighted by atomic mass is 10.1. The molecule has 1 unspecified atom stereocenters. The van der Waals surface area contributed by atoms with Crippen LogP contribution < -0.4 is 9.46 Å². The molecule has 0 saturated carbocycles. The van der Waals surface area contributed by atoms with Crippen molar-refractivity contribution < 1.29 is 22.3 Å². The van der Waals surface area contributed by atoms with Gasteiger partial charge in [-0.25, -0.2) is 12.8 Å². The number of anilines is 1. The van der Waals surface area contributed by atoms with Gasteiger partial charge < -0.3 is 9.64 Å². The maximum absolute atomic E-state index is 13.2. The van der Waals surface area contributed by atoms with Gasteiger partial charge in [0.15, 0.2) is 0 Å². The quantitative estimate of drug-likeness (QED) is 0.586. The van der Waals surface area contributed by atoms with Crippen molar-refractivity contribution >= 4 is 21.6 Å². The van der Waals surface area contributed by atoms with Crippen LogP contribution >= 0.6 is 0 Å². The summed E-state index contributed by atoms with van der Waals surface area (Å²) in [6.45, 7) is 1.81. The molecule has 0 heterocycles. The minimum atomic E-state index is -3.95. The average Bonchev–Trinajstić information content (AvgIpc) is 2.78. The Morgan fingerprint density at radius 3 is 2.39 bits per heavy atom. The normalized spacial score (nSPS) is 12.1. The fraction of sp³-hybridized carbons (Fsp3) is 0.174. The van der Waals surface area contributed by atoms with E-state index in [1.807, 2.05) is 6.92 Å². The van der Waals surface area contributed by atoms with Gasteiger partial charge in [-0.1, -0.05) is 30.3 Å². The monoisotopic (exact) mass is 442 g/mol. The molecule has 0 aliphatic heterocycles. The number of sulfonamides is 1. The van der Waals surface area contributed by atoms with Gasteiger partial charge in [-0.3, -0.25) is 9.52 Å². The molecule has 3 aromatic carbocycles. The van der Waals surface area contributed by atoms with Crippen LogP contribution in [-0.4, -0.2) is 33.4 Å². The van der Waals surface area contributed by atoms with Crippen LogP contribution in [0.4, 0.5) is 10.1 Å². The third-order valence-electron chi connectivity index (χ3n) is 5.00. The van der Waals surface area contributed by atoms with E-state index in [0.29, 0.717) is 11.4 Å². The molecule has 1 atom stereocenters. The number of nitrogens with zero attached hydrogens (tertiary/aromatic N) is 1. The van der Waals surface area contributed by atoms with Crippen molar-refractivity contribution in [1.82, 2.24) is 4.90 Å². The second-order valence-corrected chi connectivity index (χ2v) is 8.66. The van der Waals surface area contributed by atoms with Gasteiger partial charge in [-0.2, -0.15) is 0 Å². The maximum Gasteiger partial charge on any atom is 0.262 e. The Morgan fingerprint density at radius 2 is 1.71 bits per heavy atom. The van der Waals surface area contributed by atoms with Gasteiger partial charge in [0, 0.05) is 12.6 Å². The summed E-state index contributed by atoms with van der Waals surface area (Å²) in [5.74, 6) is -0.331. The smallest absolute Gasteiger partial charge is 0.262 e. The number of ether oxygens (including phenoxy) is 1. The molecule has 8 heteroatoms. The summed E-state index contributed by atoms with van der Waals surface area (Å²) in [6, 6.07) is 18.0. The Labute approximate surface area is 181 Å². The standard InChI is InChI=1S/C23H23FN2O4S/c1-16(17-11-13-19(24)14-12-17)26(2)23(27)18-7-6-8-20(15-18)31(28,29)25-21-9-4-5-10-22(21)30-3/h4-16,25H,1-3H3. The highest BCUT2D eigenvalue weighted by Gasteiger charge is 2.22. The first-order valence-corrected chi connectivity index (χ1v) is 11.0. The van der Waals surface area contributed by atoms with Crippen molar-refractivity contribution in [2.45, 2.75) is 17.9 Å². The maximum atomic E-state index is 13.2. The number of carbonyl (C=O) groups is 1. The molecule has 0 saturated heterocycles. The Hall–Kier alpha value is -3.39. The number of amides is 1. The van der Waals surface area contributed by atoms with Crippen molar-refractivity contribution in [3.05, 3.63) is 89.7 Å². The van der Waals surface area contributed by atoms with Crippen molar-refractivity contribution in [2.24, 2.45) is 0 Å². The molecule has 31 heavy (non-hydrogen) atoms. The van der Waals surface area contributed by atoms with E-state index in [1.165, 1.54) is 42.3 Å². The van der Waals surface area contributed by atoms with Crippen LogP contribution in [0, 0.1) is 5.82 Å². The van der Waals surface area contributed by atoms with Gasteiger partial charge >= 0.3 is 0 Å². The zero-order chi connectivity index (χ0) is 22.6. The average molecular weight is 443 g/mol. The second kappa shape index (κ2) is 9.18. The van der Waals surface area contributed by atoms with Gasteiger partial charge in [0.2, 0.25) is 0 Å². The summed E-state index contributed by atoms with van der Waals surface area (Å²) in [7, 11) is -0.883. The number of hydrogen-bond acceptors (Lipinski definition) is 4. The number of carbonyl (C=O) groups excluding carboxylic acids is 1. The number of halogens is 1. The van der Waals surface area contributed by atoms with E-state index >= 15 is 0 Å². The second-order valence-electron chi connectivity index (χ2n) is 6.98. The first-order valence-electron chi connectivity index (χ1n) is 9.51. The van der Waals surface area contributed by atoms with Crippen LogP contribution in [0.1, 0.15) is 28.9 Å². The van der Waals surface area contributed by atoms with E-state index in [2.05, 4.69) is 4.72 Å². The van der Waals surface area contributed by atoms with Crippen molar-refractivity contribution in [3.63, 3.8) is 0 Å². The molecule has 0 fully saturated rings. The van der Waals surface area contributed by atoms with E-state index in [0.717, 1.165) is 5.56 Å². The number of para-hydroxylation sites is 2. The lowest BCUT2D eigenvalue weighted by Gasteiger charge is -2.25. The van der Waals surface area contributed by atoms with Gasteiger partial charge in [0.25, 0.3) is 15.9 Å². The lowest BCUT2D eigenvalue weighted by Crippen LogP contribution is -2.29. The van der Waals surface area contributed by atoms with Crippen molar-refractivity contribution in [2.75, 3.05) is 18.9 Å². The Kier molecular flexibility index (Phi) is 6.60. The van der Waals surface area contributed by atoms with Crippen molar-refractivity contribution in [3.8, 4) is 5.75 Å². The third-order valence-corrected chi connectivity index (χ3v) is 6.36. The molecule has 0 spiro atoms. The highest BCUT2D eigenvalue weighted by atomic mass is 32.2.